The molecule has 0 aromatic heterocycles. The largest absolute Gasteiger partial charge is 0.370 e. The molecule has 1 atom stereocenters. The van der Waals surface area contributed by atoms with E-state index in [2.05, 4.69) is 36.3 Å². The highest BCUT2D eigenvalue weighted by molar-refractivity contribution is 14.0. The second kappa shape index (κ2) is 9.46. The fourth-order valence-corrected chi connectivity index (χ4v) is 2.08. The quantitative estimate of drug-likeness (QED) is 0.426. The van der Waals surface area contributed by atoms with Gasteiger partial charge in [0.05, 0.1) is 6.54 Å². The Morgan fingerprint density at radius 3 is 2.32 bits per heavy atom. The molecule has 0 aliphatic heterocycles. The second-order valence-corrected chi connectivity index (χ2v) is 5.24. The SMILES string of the molecule is CCC(C)c1ccc(NC(N)=NCc2ccccc2)cc1.I. The number of nitrogens with two attached hydrogens (primary N) is 1. The maximum absolute atomic E-state index is 5.92. The van der Waals surface area contributed by atoms with Crippen LogP contribution in [0.5, 0.6) is 0 Å². The van der Waals surface area contributed by atoms with E-state index in [1.165, 1.54) is 5.56 Å². The number of aliphatic imine (C=N–C) groups is 1. The van der Waals surface area contributed by atoms with Gasteiger partial charge in [-0.15, -0.1) is 24.0 Å². The lowest BCUT2D eigenvalue weighted by Gasteiger charge is -2.10. The average Bonchev–Trinajstić information content (AvgIpc) is 2.54. The first-order chi connectivity index (χ1) is 10.2. The van der Waals surface area contributed by atoms with Gasteiger partial charge in [0.15, 0.2) is 5.96 Å². The van der Waals surface area contributed by atoms with E-state index < -0.39 is 0 Å². The van der Waals surface area contributed by atoms with Crippen molar-refractivity contribution in [1.82, 2.24) is 0 Å². The summed E-state index contributed by atoms with van der Waals surface area (Å²) in [5.74, 6) is 1.03. The molecule has 0 saturated heterocycles. The Balaban J connectivity index is 0.00000242. The first-order valence-electron chi connectivity index (χ1n) is 7.40. The first-order valence-corrected chi connectivity index (χ1v) is 7.40. The van der Waals surface area contributed by atoms with E-state index in [1.54, 1.807) is 0 Å². The highest BCUT2D eigenvalue weighted by Crippen LogP contribution is 2.20. The second-order valence-electron chi connectivity index (χ2n) is 5.24. The molecule has 2 rings (SSSR count). The van der Waals surface area contributed by atoms with Crippen LogP contribution in [0, 0.1) is 0 Å². The minimum atomic E-state index is 0. The van der Waals surface area contributed by atoms with Gasteiger partial charge in [-0.05, 0) is 35.6 Å². The number of anilines is 1. The molecule has 3 nitrogen and oxygen atoms in total. The molecule has 2 aromatic rings. The van der Waals surface area contributed by atoms with Crippen molar-refractivity contribution in [2.24, 2.45) is 10.7 Å². The van der Waals surface area contributed by atoms with Crippen molar-refractivity contribution in [3.63, 3.8) is 0 Å². The molecule has 0 heterocycles. The fourth-order valence-electron chi connectivity index (χ4n) is 2.08. The number of hydrogen-bond donors (Lipinski definition) is 2. The Kier molecular flexibility index (Phi) is 7.95. The molecule has 22 heavy (non-hydrogen) atoms. The minimum Gasteiger partial charge on any atom is -0.370 e. The minimum absolute atomic E-state index is 0. The van der Waals surface area contributed by atoms with Crippen LogP contribution in [-0.2, 0) is 6.54 Å². The maximum Gasteiger partial charge on any atom is 0.193 e. The summed E-state index contributed by atoms with van der Waals surface area (Å²) in [5.41, 5.74) is 9.38. The molecule has 0 radical (unpaired) electrons. The molecule has 2 aromatic carbocycles. The van der Waals surface area contributed by atoms with E-state index in [0.717, 1.165) is 17.7 Å². The van der Waals surface area contributed by atoms with Crippen LogP contribution in [0.2, 0.25) is 0 Å². The van der Waals surface area contributed by atoms with Crippen LogP contribution in [0.15, 0.2) is 59.6 Å². The topological polar surface area (TPSA) is 50.4 Å². The Labute approximate surface area is 150 Å². The van der Waals surface area contributed by atoms with Crippen LogP contribution < -0.4 is 11.1 Å². The van der Waals surface area contributed by atoms with Gasteiger partial charge in [0.2, 0.25) is 0 Å². The lowest BCUT2D eigenvalue weighted by Crippen LogP contribution is -2.22. The zero-order chi connectivity index (χ0) is 15.1. The van der Waals surface area contributed by atoms with Crippen molar-refractivity contribution < 1.29 is 0 Å². The molecule has 0 amide bonds. The van der Waals surface area contributed by atoms with Gasteiger partial charge in [0.1, 0.15) is 0 Å². The molecule has 0 fully saturated rings. The van der Waals surface area contributed by atoms with Crippen LogP contribution in [0.3, 0.4) is 0 Å². The third kappa shape index (κ3) is 5.67. The van der Waals surface area contributed by atoms with Crippen molar-refractivity contribution in [3.05, 3.63) is 65.7 Å². The highest BCUT2D eigenvalue weighted by Gasteiger charge is 2.02. The van der Waals surface area contributed by atoms with Gasteiger partial charge in [0.25, 0.3) is 0 Å². The lowest BCUT2D eigenvalue weighted by atomic mass is 9.99. The molecule has 0 aliphatic carbocycles. The molecule has 0 saturated carbocycles. The van der Waals surface area contributed by atoms with Gasteiger partial charge in [-0.25, -0.2) is 4.99 Å². The average molecular weight is 409 g/mol. The van der Waals surface area contributed by atoms with E-state index in [0.29, 0.717) is 18.4 Å². The summed E-state index contributed by atoms with van der Waals surface area (Å²) in [4.78, 5) is 4.35. The molecule has 0 aliphatic rings. The Hall–Kier alpha value is -1.56. The van der Waals surface area contributed by atoms with Crippen LogP contribution in [-0.4, -0.2) is 5.96 Å². The van der Waals surface area contributed by atoms with Crippen molar-refractivity contribution in [1.29, 1.82) is 0 Å². The standard InChI is InChI=1S/C18H23N3.HI/c1-3-14(2)16-9-11-17(12-10-16)21-18(19)20-13-15-7-5-4-6-8-15;/h4-12,14H,3,13H2,1-2H3,(H3,19,20,21);1H. The number of nitrogens with zero attached hydrogens (tertiary/aromatic N) is 1. The van der Waals surface area contributed by atoms with Gasteiger partial charge in [0, 0.05) is 5.69 Å². The molecule has 0 spiro atoms. The molecule has 4 heteroatoms. The number of guanidine groups is 1. The van der Waals surface area contributed by atoms with E-state index in [9.17, 15) is 0 Å². The number of hydrogen-bond acceptors (Lipinski definition) is 1. The summed E-state index contributed by atoms with van der Waals surface area (Å²) in [5, 5.41) is 3.12. The number of nitrogens with one attached hydrogen (secondary N) is 1. The monoisotopic (exact) mass is 409 g/mol. The molecule has 118 valence electrons. The van der Waals surface area contributed by atoms with Crippen molar-refractivity contribution >= 4 is 35.6 Å². The number of halogens is 1. The molecular formula is C18H24IN3. The summed E-state index contributed by atoms with van der Waals surface area (Å²) in [6, 6.07) is 18.5. The van der Waals surface area contributed by atoms with Crippen molar-refractivity contribution in [3.8, 4) is 0 Å². The lowest BCUT2D eigenvalue weighted by molar-refractivity contribution is 0.734. The van der Waals surface area contributed by atoms with E-state index in [4.69, 9.17) is 5.73 Å². The summed E-state index contributed by atoms with van der Waals surface area (Å²) in [6.07, 6.45) is 1.15. The number of rotatable bonds is 5. The van der Waals surface area contributed by atoms with Crippen molar-refractivity contribution in [2.45, 2.75) is 32.7 Å². The smallest absolute Gasteiger partial charge is 0.193 e. The van der Waals surface area contributed by atoms with Gasteiger partial charge >= 0.3 is 0 Å². The highest BCUT2D eigenvalue weighted by atomic mass is 127. The third-order valence-corrected chi connectivity index (χ3v) is 3.64. The van der Waals surface area contributed by atoms with Crippen LogP contribution in [0.1, 0.15) is 37.3 Å². The van der Waals surface area contributed by atoms with Crippen LogP contribution in [0.25, 0.3) is 0 Å². The Morgan fingerprint density at radius 1 is 1.09 bits per heavy atom. The summed E-state index contributed by atoms with van der Waals surface area (Å²) >= 11 is 0. The molecular weight excluding hydrogens is 385 g/mol. The molecule has 3 N–H and O–H groups in total. The van der Waals surface area contributed by atoms with Gasteiger partial charge < -0.3 is 11.1 Å². The maximum atomic E-state index is 5.92. The predicted molar refractivity (Wildman–Crippen MR) is 106 cm³/mol. The fraction of sp³-hybridized carbons (Fsp3) is 0.278. The van der Waals surface area contributed by atoms with Crippen LogP contribution in [0.4, 0.5) is 5.69 Å². The molecule has 0 bridgehead atoms. The zero-order valence-electron chi connectivity index (χ0n) is 13.1. The van der Waals surface area contributed by atoms with Gasteiger partial charge in [-0.2, -0.15) is 0 Å². The van der Waals surface area contributed by atoms with E-state index >= 15 is 0 Å². The Bertz CT molecular complexity index is 579. The number of benzene rings is 2. The van der Waals surface area contributed by atoms with Gasteiger partial charge in [-0.1, -0.05) is 56.3 Å². The summed E-state index contributed by atoms with van der Waals surface area (Å²) in [7, 11) is 0. The Morgan fingerprint density at radius 2 is 1.73 bits per heavy atom. The molecule has 1 unspecified atom stereocenters. The van der Waals surface area contributed by atoms with E-state index in [-0.39, 0.29) is 24.0 Å². The normalized spacial score (nSPS) is 12.4. The van der Waals surface area contributed by atoms with Crippen LogP contribution >= 0.6 is 24.0 Å². The van der Waals surface area contributed by atoms with Gasteiger partial charge in [-0.3, -0.25) is 0 Å². The first kappa shape index (κ1) is 18.5. The summed E-state index contributed by atoms with van der Waals surface area (Å²) < 4.78 is 0. The third-order valence-electron chi connectivity index (χ3n) is 3.64. The predicted octanol–water partition coefficient (Wildman–Crippen LogP) is 4.74. The zero-order valence-corrected chi connectivity index (χ0v) is 15.5. The van der Waals surface area contributed by atoms with E-state index in [1.807, 2.05) is 42.5 Å². The summed E-state index contributed by atoms with van der Waals surface area (Å²) in [6.45, 7) is 5.02. The van der Waals surface area contributed by atoms with Crippen molar-refractivity contribution in [2.75, 3.05) is 5.32 Å².